The number of nitrogens with zero attached hydrogens (tertiary/aromatic N) is 2. The molecule has 1 saturated heterocycles. The van der Waals surface area contributed by atoms with Gasteiger partial charge in [0.1, 0.15) is 23.7 Å². The minimum absolute atomic E-state index is 0.0880. The Balaban J connectivity index is 1.10. The number of furan rings is 1. The Bertz CT molecular complexity index is 1670. The van der Waals surface area contributed by atoms with Crippen LogP contribution in [0, 0.1) is 0 Å². The summed E-state index contributed by atoms with van der Waals surface area (Å²) in [6.07, 6.45) is 4.21. The van der Waals surface area contributed by atoms with E-state index >= 15 is 0 Å². The van der Waals surface area contributed by atoms with Gasteiger partial charge in [-0.05, 0) is 84.8 Å². The third kappa shape index (κ3) is 6.86. The van der Waals surface area contributed by atoms with E-state index in [0.717, 1.165) is 36.1 Å². The molecule has 10 heteroatoms. The summed E-state index contributed by atoms with van der Waals surface area (Å²) in [4.78, 5) is 45.1. The Kier molecular flexibility index (Phi) is 8.79. The number of fused-ring (bicyclic) bond motifs is 1. The van der Waals surface area contributed by atoms with Crippen molar-refractivity contribution < 1.29 is 23.5 Å². The second-order valence-electron chi connectivity index (χ2n) is 10.7. The van der Waals surface area contributed by atoms with Crippen LogP contribution in [-0.4, -0.2) is 34.0 Å². The lowest BCUT2D eigenvalue weighted by molar-refractivity contribution is -0.126. The highest BCUT2D eigenvalue weighted by atomic mass is 32.2. The number of carbonyl (C=O) groups is 3. The van der Waals surface area contributed by atoms with E-state index in [2.05, 4.69) is 22.8 Å². The fraction of sp³-hybridized carbons (Fsp3) is 0.235. The summed E-state index contributed by atoms with van der Waals surface area (Å²) in [6.45, 7) is 1.97. The minimum Gasteiger partial charge on any atom is -0.467 e. The van der Waals surface area contributed by atoms with Crippen molar-refractivity contribution in [2.75, 3.05) is 5.32 Å². The summed E-state index contributed by atoms with van der Waals surface area (Å²) in [6, 6.07) is 25.5. The molecule has 0 saturated carbocycles. The standard InChI is InChI=1S/C34H32N4O5S/c1-22(35-34(41)43-21-23-7-3-2-4-8-23)31(39)36-27-15-13-25(14-16-27)30-32(40)38(20-29-11-6-18-42-29)33(44-30)37-28-17-12-24-9-5-10-26(24)19-28/h2-4,6-8,11-19,22,30H,5,9-10,20-21H2,1H3,(H,35,41)(H,36,39)/t22-,30?/m0/s1. The Morgan fingerprint density at radius 3 is 2.59 bits per heavy atom. The molecule has 0 radical (unpaired) electrons. The fourth-order valence-corrected chi connectivity index (χ4v) is 6.37. The monoisotopic (exact) mass is 608 g/mol. The highest BCUT2D eigenvalue weighted by Gasteiger charge is 2.39. The molecule has 224 valence electrons. The molecule has 2 N–H and O–H groups in total. The number of nitrogens with one attached hydrogen (secondary N) is 2. The van der Waals surface area contributed by atoms with Gasteiger partial charge in [-0.2, -0.15) is 0 Å². The number of aliphatic imine (C=N–C) groups is 1. The molecule has 3 amide bonds. The molecular weight excluding hydrogens is 576 g/mol. The van der Waals surface area contributed by atoms with Gasteiger partial charge in [-0.25, -0.2) is 9.79 Å². The highest BCUT2D eigenvalue weighted by Crippen LogP contribution is 2.42. The van der Waals surface area contributed by atoms with Gasteiger partial charge < -0.3 is 19.8 Å². The van der Waals surface area contributed by atoms with Crippen molar-refractivity contribution in [1.29, 1.82) is 0 Å². The number of benzene rings is 3. The smallest absolute Gasteiger partial charge is 0.408 e. The molecule has 44 heavy (non-hydrogen) atoms. The third-order valence-corrected chi connectivity index (χ3v) is 8.80. The van der Waals surface area contributed by atoms with Crippen molar-refractivity contribution in [2.24, 2.45) is 4.99 Å². The highest BCUT2D eigenvalue weighted by molar-refractivity contribution is 8.15. The van der Waals surface area contributed by atoms with Gasteiger partial charge in [0.15, 0.2) is 5.17 Å². The molecule has 1 unspecified atom stereocenters. The van der Waals surface area contributed by atoms with E-state index in [1.54, 1.807) is 36.3 Å². The van der Waals surface area contributed by atoms with E-state index in [4.69, 9.17) is 14.1 Å². The first kappa shape index (κ1) is 29.3. The van der Waals surface area contributed by atoms with E-state index in [0.29, 0.717) is 16.6 Å². The number of hydrogen-bond donors (Lipinski definition) is 2. The van der Waals surface area contributed by atoms with Gasteiger partial charge in [0.2, 0.25) is 11.8 Å². The summed E-state index contributed by atoms with van der Waals surface area (Å²) >= 11 is 1.40. The summed E-state index contributed by atoms with van der Waals surface area (Å²) in [5, 5.41) is 5.47. The first-order chi connectivity index (χ1) is 21.4. The van der Waals surface area contributed by atoms with Crippen molar-refractivity contribution in [2.45, 2.75) is 50.6 Å². The quantitative estimate of drug-likeness (QED) is 0.224. The SMILES string of the molecule is C[C@H](NC(=O)OCc1ccccc1)C(=O)Nc1ccc(C2SC(=Nc3ccc4c(c3)CCC4)N(Cc3ccco3)C2=O)cc1. The maximum absolute atomic E-state index is 13.7. The summed E-state index contributed by atoms with van der Waals surface area (Å²) in [5.74, 6) is 0.190. The Labute approximate surface area is 259 Å². The predicted octanol–water partition coefficient (Wildman–Crippen LogP) is 6.53. The van der Waals surface area contributed by atoms with Gasteiger partial charge in [0.25, 0.3) is 0 Å². The average molecular weight is 609 g/mol. The molecule has 6 rings (SSSR count). The van der Waals surface area contributed by atoms with Gasteiger partial charge in [-0.3, -0.25) is 14.5 Å². The van der Waals surface area contributed by atoms with Gasteiger partial charge in [0, 0.05) is 5.69 Å². The van der Waals surface area contributed by atoms with Gasteiger partial charge in [0.05, 0.1) is 18.5 Å². The van der Waals surface area contributed by atoms with E-state index in [-0.39, 0.29) is 19.1 Å². The summed E-state index contributed by atoms with van der Waals surface area (Å²) < 4.78 is 10.7. The summed E-state index contributed by atoms with van der Waals surface area (Å²) in [7, 11) is 0. The van der Waals surface area contributed by atoms with Crippen LogP contribution in [0.1, 0.15) is 46.6 Å². The number of amides is 3. The summed E-state index contributed by atoms with van der Waals surface area (Å²) in [5.41, 5.74) is 5.70. The van der Waals surface area contributed by atoms with Crippen molar-refractivity contribution in [3.8, 4) is 0 Å². The van der Waals surface area contributed by atoms with Gasteiger partial charge >= 0.3 is 6.09 Å². The molecular formula is C34H32N4O5S. The molecule has 1 aliphatic carbocycles. The van der Waals surface area contributed by atoms with Crippen LogP contribution in [0.2, 0.25) is 0 Å². The van der Waals surface area contributed by atoms with Crippen molar-refractivity contribution in [1.82, 2.24) is 10.2 Å². The van der Waals surface area contributed by atoms with Crippen LogP contribution in [0.25, 0.3) is 0 Å². The number of anilines is 1. The van der Waals surface area contributed by atoms with Crippen LogP contribution < -0.4 is 10.6 Å². The second kappa shape index (κ2) is 13.2. The van der Waals surface area contributed by atoms with E-state index < -0.39 is 23.3 Å². The lowest BCUT2D eigenvalue weighted by Gasteiger charge is -2.16. The number of amidine groups is 1. The van der Waals surface area contributed by atoms with E-state index in [1.807, 2.05) is 54.6 Å². The zero-order valence-electron chi connectivity index (χ0n) is 24.2. The number of carbonyl (C=O) groups excluding carboxylic acids is 3. The third-order valence-electron chi connectivity index (χ3n) is 7.57. The molecule has 1 aromatic heterocycles. The van der Waals surface area contributed by atoms with Crippen LogP contribution in [0.5, 0.6) is 0 Å². The van der Waals surface area contributed by atoms with Crippen LogP contribution in [0.4, 0.5) is 16.2 Å². The van der Waals surface area contributed by atoms with Crippen molar-refractivity contribution in [3.05, 3.63) is 119 Å². The molecule has 0 bridgehead atoms. The van der Waals surface area contributed by atoms with Crippen LogP contribution in [-0.2, 0) is 40.3 Å². The number of thioether (sulfide) groups is 1. The maximum Gasteiger partial charge on any atom is 0.408 e. The van der Waals surface area contributed by atoms with Crippen LogP contribution in [0.3, 0.4) is 0 Å². The molecule has 1 aliphatic heterocycles. The minimum atomic E-state index is -0.821. The predicted molar refractivity (Wildman–Crippen MR) is 169 cm³/mol. The van der Waals surface area contributed by atoms with Crippen molar-refractivity contribution >= 4 is 46.2 Å². The number of rotatable bonds is 9. The topological polar surface area (TPSA) is 113 Å². The normalized spacial score (nSPS) is 17.4. The first-order valence-corrected chi connectivity index (χ1v) is 15.4. The zero-order chi connectivity index (χ0) is 30.5. The first-order valence-electron chi connectivity index (χ1n) is 14.5. The molecule has 4 aromatic rings. The van der Waals surface area contributed by atoms with Gasteiger partial charge in [-0.15, -0.1) is 0 Å². The second-order valence-corrected chi connectivity index (χ2v) is 11.8. The average Bonchev–Trinajstić information content (AvgIpc) is 3.79. The van der Waals surface area contributed by atoms with Gasteiger partial charge in [-0.1, -0.05) is 60.3 Å². The Morgan fingerprint density at radius 2 is 1.82 bits per heavy atom. The molecule has 2 heterocycles. The van der Waals surface area contributed by atoms with Crippen LogP contribution in [0.15, 0.2) is 101 Å². The number of alkyl carbamates (subject to hydrolysis) is 1. The number of hydrogen-bond acceptors (Lipinski definition) is 7. The van der Waals surface area contributed by atoms with Crippen LogP contribution >= 0.6 is 11.8 Å². The zero-order valence-corrected chi connectivity index (χ0v) is 25.0. The fourth-order valence-electron chi connectivity index (χ4n) is 5.19. The molecule has 2 atom stereocenters. The molecule has 1 fully saturated rings. The number of aryl methyl sites for hydroxylation is 2. The Morgan fingerprint density at radius 1 is 1.02 bits per heavy atom. The Hall–Kier alpha value is -4.83. The lowest BCUT2D eigenvalue weighted by atomic mass is 10.1. The largest absolute Gasteiger partial charge is 0.467 e. The molecule has 2 aliphatic rings. The lowest BCUT2D eigenvalue weighted by Crippen LogP contribution is -2.41. The molecule has 3 aromatic carbocycles. The van der Waals surface area contributed by atoms with Crippen molar-refractivity contribution in [3.63, 3.8) is 0 Å². The molecule has 0 spiro atoms. The van der Waals surface area contributed by atoms with E-state index in [9.17, 15) is 14.4 Å². The number of ether oxygens (including phenoxy) is 1. The molecule has 9 nitrogen and oxygen atoms in total. The maximum atomic E-state index is 13.7. The van der Waals surface area contributed by atoms with E-state index in [1.165, 1.54) is 22.9 Å².